The molecule has 3 aromatic rings. The largest absolute Gasteiger partial charge is 0.490 e. The van der Waals surface area contributed by atoms with E-state index in [0.717, 1.165) is 5.56 Å². The van der Waals surface area contributed by atoms with E-state index in [1.54, 1.807) is 36.4 Å². The first-order valence-corrected chi connectivity index (χ1v) is 12.1. The Kier molecular flexibility index (Phi) is 7.84. The molecule has 0 atom stereocenters. The summed E-state index contributed by atoms with van der Waals surface area (Å²) in [6, 6.07) is 15.9. The molecule has 34 heavy (non-hydrogen) atoms. The van der Waals surface area contributed by atoms with E-state index in [1.165, 1.54) is 0 Å². The van der Waals surface area contributed by atoms with Gasteiger partial charge in [0.1, 0.15) is 6.61 Å². The SMILES string of the molecule is CCOc1cc(/C=C2\N=C(c3ccc(Cl)c(Cl)c3)OC2=O)cc(Br)c1OCc1cccc(Cl)c1. The Labute approximate surface area is 220 Å². The van der Waals surface area contributed by atoms with Crippen LogP contribution in [0.2, 0.25) is 15.1 Å². The number of benzene rings is 3. The smallest absolute Gasteiger partial charge is 0.363 e. The molecule has 0 bridgehead atoms. The van der Waals surface area contributed by atoms with Gasteiger partial charge in [-0.25, -0.2) is 9.79 Å². The summed E-state index contributed by atoms with van der Waals surface area (Å²) in [5.74, 6) is 0.639. The molecule has 0 amide bonds. The van der Waals surface area contributed by atoms with Crippen LogP contribution in [0, 0.1) is 0 Å². The minimum Gasteiger partial charge on any atom is -0.490 e. The van der Waals surface area contributed by atoms with E-state index in [4.69, 9.17) is 49.0 Å². The van der Waals surface area contributed by atoms with Crippen LogP contribution in [0.3, 0.4) is 0 Å². The van der Waals surface area contributed by atoms with Gasteiger partial charge < -0.3 is 14.2 Å². The zero-order chi connectivity index (χ0) is 24.2. The molecule has 1 aliphatic heterocycles. The molecule has 0 unspecified atom stereocenters. The number of hydrogen-bond donors (Lipinski definition) is 0. The summed E-state index contributed by atoms with van der Waals surface area (Å²) in [4.78, 5) is 16.7. The van der Waals surface area contributed by atoms with Crippen molar-refractivity contribution >= 4 is 68.7 Å². The lowest BCUT2D eigenvalue weighted by molar-refractivity contribution is -0.129. The number of hydrogen-bond acceptors (Lipinski definition) is 5. The number of cyclic esters (lactones) is 1. The molecule has 9 heteroatoms. The van der Waals surface area contributed by atoms with E-state index < -0.39 is 5.97 Å². The Morgan fingerprint density at radius 1 is 1.03 bits per heavy atom. The van der Waals surface area contributed by atoms with Crippen LogP contribution in [0.1, 0.15) is 23.6 Å². The highest BCUT2D eigenvalue weighted by Gasteiger charge is 2.25. The first kappa shape index (κ1) is 24.6. The predicted octanol–water partition coefficient (Wildman–Crippen LogP) is 7.73. The molecule has 0 saturated carbocycles. The fraction of sp³-hybridized carbons (Fsp3) is 0.120. The fourth-order valence-corrected chi connectivity index (χ4v) is 4.26. The van der Waals surface area contributed by atoms with E-state index in [9.17, 15) is 4.79 Å². The van der Waals surface area contributed by atoms with Crippen molar-refractivity contribution in [2.45, 2.75) is 13.5 Å². The summed E-state index contributed by atoms with van der Waals surface area (Å²) in [5, 5.41) is 1.38. The van der Waals surface area contributed by atoms with Gasteiger partial charge in [-0.2, -0.15) is 0 Å². The third kappa shape index (κ3) is 5.76. The lowest BCUT2D eigenvalue weighted by Crippen LogP contribution is -2.05. The summed E-state index contributed by atoms with van der Waals surface area (Å²) >= 11 is 21.6. The van der Waals surface area contributed by atoms with Crippen molar-refractivity contribution in [3.8, 4) is 11.5 Å². The van der Waals surface area contributed by atoms with Gasteiger partial charge in [-0.1, -0.05) is 46.9 Å². The summed E-state index contributed by atoms with van der Waals surface area (Å²) in [6.07, 6.45) is 1.61. The Balaban J connectivity index is 1.61. The fourth-order valence-electron chi connectivity index (χ4n) is 3.18. The lowest BCUT2D eigenvalue weighted by atomic mass is 10.1. The maximum absolute atomic E-state index is 12.4. The van der Waals surface area contributed by atoms with Crippen molar-refractivity contribution in [1.29, 1.82) is 0 Å². The molecule has 0 aliphatic carbocycles. The second kappa shape index (κ2) is 10.8. The number of halogens is 4. The quantitative estimate of drug-likeness (QED) is 0.212. The van der Waals surface area contributed by atoms with Crippen LogP contribution in [-0.4, -0.2) is 18.5 Å². The van der Waals surface area contributed by atoms with Gasteiger partial charge in [-0.15, -0.1) is 0 Å². The van der Waals surface area contributed by atoms with E-state index in [0.29, 0.717) is 55.4 Å². The summed E-state index contributed by atoms with van der Waals surface area (Å²) in [6.45, 7) is 2.62. The molecule has 3 aromatic carbocycles. The minimum atomic E-state index is -0.573. The van der Waals surface area contributed by atoms with E-state index in [2.05, 4.69) is 20.9 Å². The third-order valence-corrected chi connectivity index (χ3v) is 6.26. The van der Waals surface area contributed by atoms with Gasteiger partial charge in [0.25, 0.3) is 0 Å². The van der Waals surface area contributed by atoms with Crippen molar-refractivity contribution in [1.82, 2.24) is 0 Å². The van der Waals surface area contributed by atoms with Crippen molar-refractivity contribution < 1.29 is 19.0 Å². The molecule has 1 aliphatic rings. The molecule has 0 spiro atoms. The molecule has 0 fully saturated rings. The first-order valence-electron chi connectivity index (χ1n) is 10.2. The van der Waals surface area contributed by atoms with Gasteiger partial charge in [0, 0.05) is 10.6 Å². The Morgan fingerprint density at radius 2 is 1.85 bits per heavy atom. The van der Waals surface area contributed by atoms with Crippen molar-refractivity contribution in [3.63, 3.8) is 0 Å². The van der Waals surface area contributed by atoms with Crippen LogP contribution in [0.25, 0.3) is 6.08 Å². The van der Waals surface area contributed by atoms with Crippen molar-refractivity contribution in [3.05, 3.63) is 96.5 Å². The molecule has 0 saturated heterocycles. The number of nitrogens with zero attached hydrogens (tertiary/aromatic N) is 1. The average Bonchev–Trinajstić information content (AvgIpc) is 3.15. The topological polar surface area (TPSA) is 57.1 Å². The second-order valence-corrected chi connectivity index (χ2v) is 9.25. The molecule has 174 valence electrons. The van der Waals surface area contributed by atoms with E-state index >= 15 is 0 Å². The number of aliphatic imine (C=N–C) groups is 1. The highest BCUT2D eigenvalue weighted by atomic mass is 79.9. The third-order valence-electron chi connectivity index (χ3n) is 4.69. The van der Waals surface area contributed by atoms with E-state index in [1.807, 2.05) is 31.2 Å². The zero-order valence-electron chi connectivity index (χ0n) is 17.8. The maximum atomic E-state index is 12.4. The number of ether oxygens (including phenoxy) is 3. The highest BCUT2D eigenvalue weighted by molar-refractivity contribution is 9.10. The van der Waals surface area contributed by atoms with Crippen LogP contribution >= 0.6 is 50.7 Å². The molecule has 1 heterocycles. The minimum absolute atomic E-state index is 0.142. The second-order valence-electron chi connectivity index (χ2n) is 7.15. The number of carbonyl (C=O) groups excluding carboxylic acids is 1. The molecule has 0 radical (unpaired) electrons. The molecule has 0 N–H and O–H groups in total. The average molecular weight is 582 g/mol. The van der Waals surface area contributed by atoms with Gasteiger partial charge in [-0.3, -0.25) is 0 Å². The highest BCUT2D eigenvalue weighted by Crippen LogP contribution is 2.38. The van der Waals surface area contributed by atoms with Crippen LogP contribution in [0.15, 0.2) is 69.8 Å². The summed E-state index contributed by atoms with van der Waals surface area (Å²) < 4.78 is 17.8. The number of rotatable bonds is 7. The molecular formula is C25H17BrCl3NO4. The van der Waals surface area contributed by atoms with Crippen LogP contribution in [0.4, 0.5) is 0 Å². The van der Waals surface area contributed by atoms with Crippen LogP contribution in [0.5, 0.6) is 11.5 Å². The standard InChI is InChI=1S/C25H17BrCl3NO4/c1-2-32-22-11-15(9-18(26)23(22)33-13-14-4-3-5-17(27)8-14)10-21-25(31)34-24(30-21)16-6-7-19(28)20(29)12-16/h3-12H,2,13H2,1H3/b21-10-. The van der Waals surface area contributed by atoms with Gasteiger partial charge in [0.2, 0.25) is 5.90 Å². The summed E-state index contributed by atoms with van der Waals surface area (Å²) in [7, 11) is 0. The zero-order valence-corrected chi connectivity index (χ0v) is 21.6. The molecule has 4 rings (SSSR count). The Morgan fingerprint density at radius 3 is 2.59 bits per heavy atom. The molecular weight excluding hydrogens is 565 g/mol. The van der Waals surface area contributed by atoms with Gasteiger partial charge in [0.05, 0.1) is 21.1 Å². The molecule has 0 aromatic heterocycles. The van der Waals surface area contributed by atoms with Crippen molar-refractivity contribution in [2.75, 3.05) is 6.61 Å². The van der Waals surface area contributed by atoms with Gasteiger partial charge in [0.15, 0.2) is 17.2 Å². The first-order chi connectivity index (χ1) is 16.3. The summed E-state index contributed by atoms with van der Waals surface area (Å²) in [5.41, 5.74) is 2.29. The normalized spacial score (nSPS) is 14.2. The lowest BCUT2D eigenvalue weighted by Gasteiger charge is -2.15. The van der Waals surface area contributed by atoms with Crippen molar-refractivity contribution in [2.24, 2.45) is 4.99 Å². The number of esters is 1. The Hall–Kier alpha value is -2.51. The predicted molar refractivity (Wildman–Crippen MR) is 138 cm³/mol. The van der Waals surface area contributed by atoms with Gasteiger partial charge >= 0.3 is 5.97 Å². The van der Waals surface area contributed by atoms with Gasteiger partial charge in [-0.05, 0) is 82.5 Å². The monoisotopic (exact) mass is 579 g/mol. The maximum Gasteiger partial charge on any atom is 0.363 e. The molecule has 5 nitrogen and oxygen atoms in total. The number of carbonyl (C=O) groups is 1. The van der Waals surface area contributed by atoms with E-state index in [-0.39, 0.29) is 11.6 Å². The Bertz CT molecular complexity index is 1320. The van der Waals surface area contributed by atoms with Crippen LogP contribution in [-0.2, 0) is 16.1 Å². The van der Waals surface area contributed by atoms with Crippen LogP contribution < -0.4 is 9.47 Å².